The lowest BCUT2D eigenvalue weighted by Gasteiger charge is -2.13. The van der Waals surface area contributed by atoms with Crippen LogP contribution in [-0.4, -0.2) is 34.8 Å². The van der Waals surface area contributed by atoms with Gasteiger partial charge in [0.25, 0.3) is 0 Å². The Morgan fingerprint density at radius 2 is 2.03 bits per heavy atom. The predicted molar refractivity (Wildman–Crippen MR) is 127 cm³/mol. The number of rotatable bonds is 10. The van der Waals surface area contributed by atoms with Gasteiger partial charge in [0.1, 0.15) is 11.5 Å². The van der Waals surface area contributed by atoms with E-state index in [9.17, 15) is 0 Å². The number of aromatic nitrogens is 2. The number of nitrogens with zero attached hydrogens (tertiary/aromatic N) is 1. The zero-order valence-electron chi connectivity index (χ0n) is 18.3. The van der Waals surface area contributed by atoms with E-state index in [4.69, 9.17) is 30.8 Å². The molecule has 2 aromatic heterocycles. The third-order valence-electron chi connectivity index (χ3n) is 5.02. The first-order valence-electron chi connectivity index (χ1n) is 10.8. The molecule has 0 aliphatic rings. The second-order valence-corrected chi connectivity index (χ2v) is 8.67. The largest absolute Gasteiger partial charge is 0.493 e. The molecule has 2 aromatic carbocycles. The number of H-pyrrole nitrogens is 1. The van der Waals surface area contributed by atoms with Crippen LogP contribution in [0.1, 0.15) is 30.7 Å². The molecule has 32 heavy (non-hydrogen) atoms. The highest BCUT2D eigenvalue weighted by atomic mass is 35.5. The number of nitrogens with one attached hydrogen (secondary N) is 2. The standard InChI is InChI=1S/C25H28ClN3O3/c1-16(2)15-31-23-7-4-19(26)12-18(23)13-20-5-8-24(32-20)25-28-21-6-3-17(11-22(21)29-25)14-27-9-10-30/h3-8,11-12,16,27,30H,9-10,13-15H2,1-2H3,(H,28,29). The highest BCUT2D eigenvalue weighted by molar-refractivity contribution is 6.30. The van der Waals surface area contributed by atoms with Gasteiger partial charge in [-0.25, -0.2) is 4.98 Å². The van der Waals surface area contributed by atoms with Gasteiger partial charge in [0, 0.05) is 30.1 Å². The Labute approximate surface area is 192 Å². The number of benzene rings is 2. The maximum absolute atomic E-state index is 8.91. The van der Waals surface area contributed by atoms with Crippen molar-refractivity contribution in [2.45, 2.75) is 26.8 Å². The topological polar surface area (TPSA) is 83.3 Å². The Kier molecular flexibility index (Phi) is 7.15. The van der Waals surface area contributed by atoms with Crippen molar-refractivity contribution in [3.05, 3.63) is 70.4 Å². The van der Waals surface area contributed by atoms with Gasteiger partial charge in [-0.2, -0.15) is 0 Å². The van der Waals surface area contributed by atoms with Crippen molar-refractivity contribution < 1.29 is 14.3 Å². The van der Waals surface area contributed by atoms with Crippen LogP contribution in [0.3, 0.4) is 0 Å². The van der Waals surface area contributed by atoms with Crippen LogP contribution in [-0.2, 0) is 13.0 Å². The molecule has 2 heterocycles. The lowest BCUT2D eigenvalue weighted by molar-refractivity contribution is 0.268. The number of halogens is 1. The van der Waals surface area contributed by atoms with Crippen LogP contribution >= 0.6 is 11.6 Å². The van der Waals surface area contributed by atoms with Crippen molar-refractivity contribution in [2.75, 3.05) is 19.8 Å². The summed E-state index contributed by atoms with van der Waals surface area (Å²) < 4.78 is 12.1. The van der Waals surface area contributed by atoms with E-state index >= 15 is 0 Å². The quantitative estimate of drug-likeness (QED) is 0.288. The molecule has 0 atom stereocenters. The summed E-state index contributed by atoms with van der Waals surface area (Å²) in [7, 11) is 0. The van der Waals surface area contributed by atoms with Crippen LogP contribution in [0.5, 0.6) is 5.75 Å². The van der Waals surface area contributed by atoms with Crippen molar-refractivity contribution in [1.82, 2.24) is 15.3 Å². The Balaban J connectivity index is 1.51. The summed E-state index contributed by atoms with van der Waals surface area (Å²) in [6, 6.07) is 15.7. The molecule has 168 valence electrons. The van der Waals surface area contributed by atoms with E-state index in [0.29, 0.717) is 48.6 Å². The minimum atomic E-state index is 0.121. The highest BCUT2D eigenvalue weighted by Crippen LogP contribution is 2.29. The number of fused-ring (bicyclic) bond motifs is 1. The van der Waals surface area contributed by atoms with E-state index in [1.807, 2.05) is 48.5 Å². The van der Waals surface area contributed by atoms with E-state index in [2.05, 4.69) is 24.1 Å². The smallest absolute Gasteiger partial charge is 0.174 e. The summed E-state index contributed by atoms with van der Waals surface area (Å²) in [6.07, 6.45) is 0.578. The normalized spacial score (nSPS) is 11.5. The molecule has 0 radical (unpaired) electrons. The first-order chi connectivity index (χ1) is 15.5. The maximum atomic E-state index is 8.91. The summed E-state index contributed by atoms with van der Waals surface area (Å²) in [6.45, 7) is 6.26. The molecule has 0 aliphatic heterocycles. The number of ether oxygens (including phenoxy) is 1. The first kappa shape index (κ1) is 22.4. The van der Waals surface area contributed by atoms with Crippen LogP contribution in [0, 0.1) is 5.92 Å². The molecule has 0 spiro atoms. The minimum Gasteiger partial charge on any atom is -0.493 e. The lowest BCUT2D eigenvalue weighted by atomic mass is 10.1. The van der Waals surface area contributed by atoms with Crippen LogP contribution in [0.15, 0.2) is 52.9 Å². The van der Waals surface area contributed by atoms with Gasteiger partial charge in [-0.1, -0.05) is 31.5 Å². The summed E-state index contributed by atoms with van der Waals surface area (Å²) in [4.78, 5) is 8.03. The van der Waals surface area contributed by atoms with Crippen LogP contribution in [0.25, 0.3) is 22.6 Å². The molecular weight excluding hydrogens is 426 g/mol. The third-order valence-corrected chi connectivity index (χ3v) is 5.25. The summed E-state index contributed by atoms with van der Waals surface area (Å²) in [5.41, 5.74) is 3.92. The zero-order chi connectivity index (χ0) is 22.5. The summed E-state index contributed by atoms with van der Waals surface area (Å²) >= 11 is 6.23. The summed E-state index contributed by atoms with van der Waals surface area (Å²) in [5, 5.41) is 12.8. The van der Waals surface area contributed by atoms with E-state index in [1.54, 1.807) is 0 Å². The number of hydrogen-bond acceptors (Lipinski definition) is 5. The van der Waals surface area contributed by atoms with Crippen LogP contribution in [0.4, 0.5) is 0 Å². The summed E-state index contributed by atoms with van der Waals surface area (Å²) in [5.74, 6) is 3.45. The van der Waals surface area contributed by atoms with E-state index < -0.39 is 0 Å². The molecule has 0 saturated carbocycles. The molecule has 4 aromatic rings. The first-order valence-corrected chi connectivity index (χ1v) is 11.2. The number of hydrogen-bond donors (Lipinski definition) is 3. The van der Waals surface area contributed by atoms with Gasteiger partial charge in [-0.15, -0.1) is 0 Å². The van der Waals surface area contributed by atoms with Crippen molar-refractivity contribution in [3.8, 4) is 17.3 Å². The molecule has 6 nitrogen and oxygen atoms in total. The molecular formula is C25H28ClN3O3. The van der Waals surface area contributed by atoms with Crippen molar-refractivity contribution in [3.63, 3.8) is 0 Å². The molecule has 0 fully saturated rings. The molecule has 0 amide bonds. The lowest BCUT2D eigenvalue weighted by Crippen LogP contribution is -2.17. The zero-order valence-corrected chi connectivity index (χ0v) is 19.1. The number of imidazole rings is 1. The number of aromatic amines is 1. The van der Waals surface area contributed by atoms with Gasteiger partial charge < -0.3 is 24.6 Å². The average Bonchev–Trinajstić information content (AvgIpc) is 3.40. The van der Waals surface area contributed by atoms with Gasteiger partial charge in [0.15, 0.2) is 11.6 Å². The Morgan fingerprint density at radius 1 is 1.16 bits per heavy atom. The van der Waals surface area contributed by atoms with Gasteiger partial charge >= 0.3 is 0 Å². The van der Waals surface area contributed by atoms with Gasteiger partial charge in [0.05, 0.1) is 24.2 Å². The van der Waals surface area contributed by atoms with Gasteiger partial charge in [-0.3, -0.25) is 0 Å². The molecule has 0 bridgehead atoms. The van der Waals surface area contributed by atoms with E-state index in [-0.39, 0.29) is 6.61 Å². The van der Waals surface area contributed by atoms with Crippen LogP contribution < -0.4 is 10.1 Å². The van der Waals surface area contributed by atoms with Gasteiger partial charge in [0.2, 0.25) is 0 Å². The highest BCUT2D eigenvalue weighted by Gasteiger charge is 2.13. The predicted octanol–water partition coefficient (Wildman–Crippen LogP) is 5.18. The fraction of sp³-hybridized carbons (Fsp3) is 0.320. The number of aliphatic hydroxyl groups is 1. The SMILES string of the molecule is CC(C)COc1ccc(Cl)cc1Cc1ccc(-c2nc3cc(CNCCO)ccc3[nH]2)o1. The molecule has 0 saturated heterocycles. The average molecular weight is 454 g/mol. The van der Waals surface area contributed by atoms with E-state index in [1.165, 1.54) is 0 Å². The Bertz CT molecular complexity index is 1180. The monoisotopic (exact) mass is 453 g/mol. The molecule has 7 heteroatoms. The second kappa shape index (κ2) is 10.2. The molecule has 0 aliphatic carbocycles. The molecule has 0 unspecified atom stereocenters. The van der Waals surface area contributed by atoms with Crippen LogP contribution in [0.2, 0.25) is 5.02 Å². The number of furan rings is 1. The number of aliphatic hydroxyl groups excluding tert-OH is 1. The second-order valence-electron chi connectivity index (χ2n) is 8.24. The minimum absolute atomic E-state index is 0.121. The third kappa shape index (κ3) is 5.51. The molecule has 3 N–H and O–H groups in total. The maximum Gasteiger partial charge on any atom is 0.174 e. The van der Waals surface area contributed by atoms with Gasteiger partial charge in [-0.05, 0) is 53.9 Å². The van der Waals surface area contributed by atoms with Crippen molar-refractivity contribution >= 4 is 22.6 Å². The Morgan fingerprint density at radius 3 is 2.84 bits per heavy atom. The van der Waals surface area contributed by atoms with E-state index in [0.717, 1.165) is 33.7 Å². The Hall–Kier alpha value is -2.80. The fourth-order valence-electron chi connectivity index (χ4n) is 3.46. The fourth-order valence-corrected chi connectivity index (χ4v) is 3.66. The molecule has 4 rings (SSSR count). The van der Waals surface area contributed by atoms with Crippen molar-refractivity contribution in [1.29, 1.82) is 0 Å². The van der Waals surface area contributed by atoms with Crippen molar-refractivity contribution in [2.24, 2.45) is 5.92 Å².